The number of hydrogen-bond donors (Lipinski definition) is 1. The van der Waals surface area contributed by atoms with Crippen molar-refractivity contribution in [1.82, 2.24) is 0 Å². The van der Waals surface area contributed by atoms with Crippen LogP contribution in [0.15, 0.2) is 22.0 Å². The van der Waals surface area contributed by atoms with Crippen molar-refractivity contribution in [2.45, 2.75) is 13.0 Å². The van der Waals surface area contributed by atoms with Crippen LogP contribution in [0.3, 0.4) is 0 Å². The van der Waals surface area contributed by atoms with Gasteiger partial charge >= 0.3 is 0 Å². The molecule has 0 aliphatic heterocycles. The summed E-state index contributed by atoms with van der Waals surface area (Å²) in [5.74, 6) is 1.98. The van der Waals surface area contributed by atoms with E-state index in [1.165, 1.54) is 0 Å². The third kappa shape index (κ3) is 3.17. The minimum absolute atomic E-state index is 0.323. The maximum Gasteiger partial charge on any atom is 0.131 e. The average Bonchev–Trinajstić information content (AvgIpc) is 2.84. The summed E-state index contributed by atoms with van der Waals surface area (Å²) < 4.78 is 17.3. The SMILES string of the molecule is COc1cc(OC)c(C(N)c2cc(C)c(Br)s2)c(OC)c1. The molecule has 1 aromatic heterocycles. The molecule has 114 valence electrons. The van der Waals surface area contributed by atoms with Gasteiger partial charge in [-0.05, 0) is 34.5 Å². The van der Waals surface area contributed by atoms with Gasteiger partial charge in [0.2, 0.25) is 0 Å². The largest absolute Gasteiger partial charge is 0.496 e. The van der Waals surface area contributed by atoms with E-state index in [1.54, 1.807) is 32.7 Å². The first kappa shape index (κ1) is 16.1. The number of halogens is 1. The second-order valence-electron chi connectivity index (χ2n) is 4.53. The second kappa shape index (κ2) is 6.68. The summed E-state index contributed by atoms with van der Waals surface area (Å²) >= 11 is 5.15. The molecular weight excluding hydrogens is 354 g/mol. The molecule has 1 atom stereocenters. The number of hydrogen-bond acceptors (Lipinski definition) is 5. The fraction of sp³-hybridized carbons (Fsp3) is 0.333. The van der Waals surface area contributed by atoms with Gasteiger partial charge in [0.15, 0.2) is 0 Å². The first-order valence-electron chi connectivity index (χ1n) is 6.33. The first-order valence-corrected chi connectivity index (χ1v) is 7.94. The van der Waals surface area contributed by atoms with Gasteiger partial charge in [-0.2, -0.15) is 0 Å². The molecule has 1 unspecified atom stereocenters. The Labute approximate surface area is 137 Å². The van der Waals surface area contributed by atoms with Gasteiger partial charge in [0, 0.05) is 17.0 Å². The fourth-order valence-corrected chi connectivity index (χ4v) is 3.70. The number of aryl methyl sites for hydroxylation is 1. The molecule has 2 aromatic rings. The van der Waals surface area contributed by atoms with E-state index in [0.29, 0.717) is 17.2 Å². The number of benzene rings is 1. The van der Waals surface area contributed by atoms with E-state index in [2.05, 4.69) is 22.0 Å². The van der Waals surface area contributed by atoms with E-state index in [9.17, 15) is 0 Å². The highest BCUT2D eigenvalue weighted by molar-refractivity contribution is 9.11. The molecule has 4 nitrogen and oxygen atoms in total. The van der Waals surface area contributed by atoms with Crippen LogP contribution < -0.4 is 19.9 Å². The van der Waals surface area contributed by atoms with Gasteiger partial charge in [-0.15, -0.1) is 11.3 Å². The van der Waals surface area contributed by atoms with Crippen LogP contribution in [0, 0.1) is 6.92 Å². The summed E-state index contributed by atoms with van der Waals surface area (Å²) in [5.41, 5.74) is 8.41. The van der Waals surface area contributed by atoms with Gasteiger partial charge in [-0.1, -0.05) is 0 Å². The lowest BCUT2D eigenvalue weighted by molar-refractivity contribution is 0.367. The van der Waals surface area contributed by atoms with Crippen LogP contribution in [0.2, 0.25) is 0 Å². The van der Waals surface area contributed by atoms with Crippen molar-refractivity contribution in [2.75, 3.05) is 21.3 Å². The molecule has 0 fully saturated rings. The number of rotatable bonds is 5. The minimum Gasteiger partial charge on any atom is -0.496 e. The predicted octanol–water partition coefficient (Wildman–Crippen LogP) is 3.89. The Bertz CT molecular complexity index is 597. The Hall–Kier alpha value is -1.24. The molecule has 0 bridgehead atoms. The van der Waals surface area contributed by atoms with Crippen molar-refractivity contribution in [3.63, 3.8) is 0 Å². The lowest BCUT2D eigenvalue weighted by atomic mass is 10.0. The molecule has 0 spiro atoms. The first-order chi connectivity index (χ1) is 10.0. The molecule has 6 heteroatoms. The van der Waals surface area contributed by atoms with E-state index >= 15 is 0 Å². The van der Waals surface area contributed by atoms with Crippen LogP contribution in [0.5, 0.6) is 17.2 Å². The molecule has 2 N–H and O–H groups in total. The van der Waals surface area contributed by atoms with Crippen molar-refractivity contribution in [2.24, 2.45) is 5.73 Å². The standard InChI is InChI=1S/C15H18BrNO3S/c1-8-5-12(21-15(8)16)14(17)13-10(19-3)6-9(18-2)7-11(13)20-4/h5-7,14H,17H2,1-4H3. The summed E-state index contributed by atoms with van der Waals surface area (Å²) in [6.07, 6.45) is 0. The molecule has 21 heavy (non-hydrogen) atoms. The maximum absolute atomic E-state index is 6.43. The summed E-state index contributed by atoms with van der Waals surface area (Å²) in [4.78, 5) is 1.04. The van der Waals surface area contributed by atoms with Crippen LogP contribution in [0.4, 0.5) is 0 Å². The van der Waals surface area contributed by atoms with Crippen molar-refractivity contribution < 1.29 is 14.2 Å². The van der Waals surface area contributed by atoms with Gasteiger partial charge in [-0.3, -0.25) is 0 Å². The summed E-state index contributed by atoms with van der Waals surface area (Å²) in [7, 11) is 4.83. The number of methoxy groups -OCH3 is 3. The Morgan fingerprint density at radius 1 is 1.05 bits per heavy atom. The highest BCUT2D eigenvalue weighted by Gasteiger charge is 2.23. The quantitative estimate of drug-likeness (QED) is 0.865. The van der Waals surface area contributed by atoms with Crippen LogP contribution >= 0.6 is 27.3 Å². The van der Waals surface area contributed by atoms with Crippen molar-refractivity contribution >= 4 is 27.3 Å². The van der Waals surface area contributed by atoms with Crippen molar-refractivity contribution in [1.29, 1.82) is 0 Å². The lowest BCUT2D eigenvalue weighted by Gasteiger charge is -2.19. The molecule has 0 radical (unpaired) electrons. The predicted molar refractivity (Wildman–Crippen MR) is 88.9 cm³/mol. The Morgan fingerprint density at radius 3 is 2.00 bits per heavy atom. The Morgan fingerprint density at radius 2 is 1.62 bits per heavy atom. The molecule has 0 aliphatic carbocycles. The number of thiophene rings is 1. The minimum atomic E-state index is -0.323. The number of ether oxygens (including phenoxy) is 3. The average molecular weight is 372 g/mol. The second-order valence-corrected chi connectivity index (χ2v) is 6.93. The Balaban J connectivity index is 2.55. The fourth-order valence-electron chi connectivity index (χ4n) is 2.12. The lowest BCUT2D eigenvalue weighted by Crippen LogP contribution is -2.13. The summed E-state index contributed by atoms with van der Waals surface area (Å²) in [6.45, 7) is 2.04. The smallest absolute Gasteiger partial charge is 0.131 e. The third-order valence-corrected chi connectivity index (χ3v) is 5.47. The van der Waals surface area contributed by atoms with Gasteiger partial charge in [0.25, 0.3) is 0 Å². The zero-order chi connectivity index (χ0) is 15.6. The van der Waals surface area contributed by atoms with Crippen LogP contribution in [0.1, 0.15) is 22.0 Å². The van der Waals surface area contributed by atoms with Crippen molar-refractivity contribution in [3.8, 4) is 17.2 Å². The van der Waals surface area contributed by atoms with Crippen LogP contribution in [0.25, 0.3) is 0 Å². The van der Waals surface area contributed by atoms with E-state index in [-0.39, 0.29) is 6.04 Å². The zero-order valence-electron chi connectivity index (χ0n) is 12.4. The van der Waals surface area contributed by atoms with Gasteiger partial charge < -0.3 is 19.9 Å². The third-order valence-electron chi connectivity index (χ3n) is 3.25. The maximum atomic E-state index is 6.43. The molecule has 0 aliphatic rings. The monoisotopic (exact) mass is 371 g/mol. The van der Waals surface area contributed by atoms with E-state index in [1.807, 2.05) is 19.1 Å². The topological polar surface area (TPSA) is 53.7 Å². The van der Waals surface area contributed by atoms with Crippen LogP contribution in [-0.2, 0) is 0 Å². The van der Waals surface area contributed by atoms with E-state index in [4.69, 9.17) is 19.9 Å². The Kier molecular flexibility index (Phi) is 5.13. The zero-order valence-corrected chi connectivity index (χ0v) is 14.8. The highest BCUT2D eigenvalue weighted by atomic mass is 79.9. The molecule has 2 rings (SSSR count). The van der Waals surface area contributed by atoms with E-state index < -0.39 is 0 Å². The van der Waals surface area contributed by atoms with Crippen molar-refractivity contribution in [3.05, 3.63) is 38.0 Å². The van der Waals surface area contributed by atoms with E-state index in [0.717, 1.165) is 19.8 Å². The number of nitrogens with two attached hydrogens (primary N) is 1. The summed E-state index contributed by atoms with van der Waals surface area (Å²) in [6, 6.07) is 5.37. The molecular formula is C15H18BrNO3S. The molecule has 1 heterocycles. The van der Waals surface area contributed by atoms with Gasteiger partial charge in [0.1, 0.15) is 17.2 Å². The normalized spacial score (nSPS) is 12.1. The van der Waals surface area contributed by atoms with Crippen LogP contribution in [-0.4, -0.2) is 21.3 Å². The highest BCUT2D eigenvalue weighted by Crippen LogP contribution is 2.42. The molecule has 0 saturated carbocycles. The summed E-state index contributed by atoms with van der Waals surface area (Å²) in [5, 5.41) is 0. The molecule has 1 aromatic carbocycles. The van der Waals surface area contributed by atoms with Gasteiger partial charge in [-0.25, -0.2) is 0 Å². The van der Waals surface area contributed by atoms with Gasteiger partial charge in [0.05, 0.1) is 36.7 Å². The molecule has 0 amide bonds. The molecule has 0 saturated heterocycles.